The van der Waals surface area contributed by atoms with Crippen molar-refractivity contribution in [3.05, 3.63) is 106 Å². The summed E-state index contributed by atoms with van der Waals surface area (Å²) in [7, 11) is -1.81. The van der Waals surface area contributed by atoms with Gasteiger partial charge in [0, 0.05) is 11.1 Å². The summed E-state index contributed by atoms with van der Waals surface area (Å²) in [6.07, 6.45) is 3.97. The fourth-order valence-corrected chi connectivity index (χ4v) is 8.49. The summed E-state index contributed by atoms with van der Waals surface area (Å²) in [5, 5.41) is 9.43. The second-order valence-corrected chi connectivity index (χ2v) is 16.4. The van der Waals surface area contributed by atoms with Crippen molar-refractivity contribution >= 4 is 19.9 Å². The molecule has 0 spiro atoms. The average molecular weight is 537 g/mol. The second-order valence-electron chi connectivity index (χ2n) is 12.2. The highest BCUT2D eigenvalue weighted by atomic mass is 28.4. The smallest absolute Gasteiger partial charge is 0.335 e. The first kappa shape index (κ1) is 28.5. The van der Waals surface area contributed by atoms with Crippen LogP contribution in [0, 0.1) is 17.8 Å². The number of carboxylic acids is 1. The molecular formula is C35H40O3Si. The van der Waals surface area contributed by atoms with Crippen molar-refractivity contribution in [2.45, 2.75) is 72.0 Å². The summed E-state index contributed by atoms with van der Waals surface area (Å²) < 4.78 is 6.58. The summed E-state index contributed by atoms with van der Waals surface area (Å²) in [6, 6.07) is 21.5. The van der Waals surface area contributed by atoms with Crippen LogP contribution in [0.4, 0.5) is 0 Å². The molecule has 1 aliphatic rings. The van der Waals surface area contributed by atoms with Gasteiger partial charge in [-0.05, 0) is 114 Å². The predicted octanol–water partition coefficient (Wildman–Crippen LogP) is 8.70. The molecule has 0 saturated carbocycles. The number of allylic oxidation sites excluding steroid dienone is 1. The largest absolute Gasteiger partial charge is 0.544 e. The van der Waals surface area contributed by atoms with E-state index < -0.39 is 14.3 Å². The van der Waals surface area contributed by atoms with Crippen LogP contribution in [-0.4, -0.2) is 19.4 Å². The molecule has 3 aromatic carbocycles. The van der Waals surface area contributed by atoms with Gasteiger partial charge in [0.1, 0.15) is 5.75 Å². The molecule has 0 saturated heterocycles. The van der Waals surface area contributed by atoms with E-state index in [4.69, 9.17) is 4.43 Å². The van der Waals surface area contributed by atoms with E-state index in [0.717, 1.165) is 34.9 Å². The maximum absolute atomic E-state index is 11.5. The van der Waals surface area contributed by atoms with Crippen molar-refractivity contribution in [1.82, 2.24) is 0 Å². The van der Waals surface area contributed by atoms with Crippen molar-refractivity contribution in [3.8, 4) is 17.6 Å². The van der Waals surface area contributed by atoms with Crippen LogP contribution in [0.15, 0.2) is 66.7 Å². The van der Waals surface area contributed by atoms with Crippen LogP contribution in [0.1, 0.15) is 84.8 Å². The van der Waals surface area contributed by atoms with Gasteiger partial charge in [0.2, 0.25) is 8.32 Å². The van der Waals surface area contributed by atoms with Gasteiger partial charge in [-0.1, -0.05) is 70.7 Å². The first-order valence-corrected chi connectivity index (χ1v) is 17.0. The van der Waals surface area contributed by atoms with Crippen molar-refractivity contribution in [2.24, 2.45) is 5.92 Å². The molecule has 3 aromatic rings. The van der Waals surface area contributed by atoms with Crippen LogP contribution in [0.5, 0.6) is 5.75 Å². The van der Waals surface area contributed by atoms with Gasteiger partial charge in [0.15, 0.2) is 0 Å². The molecule has 202 valence electrons. The van der Waals surface area contributed by atoms with Gasteiger partial charge in [-0.15, -0.1) is 0 Å². The molecule has 0 bridgehead atoms. The zero-order valence-corrected chi connectivity index (χ0v) is 25.3. The fraction of sp³-hybridized carbons (Fsp3) is 0.343. The molecule has 4 rings (SSSR count). The van der Waals surface area contributed by atoms with E-state index >= 15 is 0 Å². The van der Waals surface area contributed by atoms with E-state index in [2.05, 4.69) is 101 Å². The Morgan fingerprint density at radius 2 is 1.72 bits per heavy atom. The molecule has 0 amide bonds. The normalized spacial score (nSPS) is 14.2. The van der Waals surface area contributed by atoms with Gasteiger partial charge in [0.25, 0.3) is 0 Å². The molecule has 0 aromatic heterocycles. The fourth-order valence-electron chi connectivity index (χ4n) is 5.67. The zero-order chi connectivity index (χ0) is 28.4. The van der Waals surface area contributed by atoms with E-state index in [0.29, 0.717) is 17.9 Å². The number of carboxylic acid groups (broad SMARTS) is 1. The minimum atomic E-state index is -1.81. The first-order valence-electron chi connectivity index (χ1n) is 13.9. The Morgan fingerprint density at radius 3 is 2.38 bits per heavy atom. The molecule has 0 unspecified atom stereocenters. The highest BCUT2D eigenvalue weighted by Gasteiger charge is 2.29. The van der Waals surface area contributed by atoms with E-state index in [1.54, 1.807) is 12.1 Å². The predicted molar refractivity (Wildman–Crippen MR) is 164 cm³/mol. The molecule has 3 nitrogen and oxygen atoms in total. The van der Waals surface area contributed by atoms with E-state index in [1.165, 1.54) is 22.3 Å². The third-order valence-electron chi connectivity index (χ3n) is 7.36. The van der Waals surface area contributed by atoms with Crippen molar-refractivity contribution in [3.63, 3.8) is 0 Å². The minimum Gasteiger partial charge on any atom is -0.544 e. The standard InChI is InChI=1S/C35H40O3Si/c1-8-27-20-25(14-16-31(27)34(36)37)12-13-26-15-17-33-32(21-26)30(18-19-35(33,4)5)28-10-9-11-29(22-28)38-39(6,7)23-24(2)3/h9-11,14-18,20-22,24H,8,19,23H2,1-7H3,(H,36,37). The Morgan fingerprint density at radius 1 is 1.03 bits per heavy atom. The van der Waals surface area contributed by atoms with Crippen molar-refractivity contribution in [2.75, 3.05) is 0 Å². The van der Waals surface area contributed by atoms with Crippen LogP contribution in [0.2, 0.25) is 19.1 Å². The third-order valence-corrected chi connectivity index (χ3v) is 9.95. The van der Waals surface area contributed by atoms with E-state index in [1.807, 2.05) is 13.0 Å². The number of hydrogen-bond donors (Lipinski definition) is 1. The van der Waals surface area contributed by atoms with Crippen molar-refractivity contribution < 1.29 is 14.3 Å². The number of benzene rings is 3. The lowest BCUT2D eigenvalue weighted by molar-refractivity contribution is 0.0695. The first-order chi connectivity index (χ1) is 18.4. The molecule has 0 atom stereocenters. The Kier molecular flexibility index (Phi) is 8.23. The number of fused-ring (bicyclic) bond motifs is 1. The maximum atomic E-state index is 11.5. The quantitative estimate of drug-likeness (QED) is 0.243. The van der Waals surface area contributed by atoms with Gasteiger partial charge in [-0.3, -0.25) is 0 Å². The molecule has 39 heavy (non-hydrogen) atoms. The average Bonchev–Trinajstić information content (AvgIpc) is 2.86. The van der Waals surface area contributed by atoms with Gasteiger partial charge in [-0.2, -0.15) is 0 Å². The highest BCUT2D eigenvalue weighted by molar-refractivity contribution is 6.71. The minimum absolute atomic E-state index is 0.0355. The molecule has 0 aliphatic heterocycles. The lowest BCUT2D eigenvalue weighted by atomic mass is 9.72. The summed E-state index contributed by atoms with van der Waals surface area (Å²) in [6.45, 7) is 15.6. The van der Waals surface area contributed by atoms with Crippen LogP contribution in [0.25, 0.3) is 5.57 Å². The number of carbonyl (C=O) groups is 1. The summed E-state index contributed by atoms with van der Waals surface area (Å²) in [5.74, 6) is 7.25. The number of aromatic carboxylic acids is 1. The topological polar surface area (TPSA) is 46.5 Å². The number of hydrogen-bond acceptors (Lipinski definition) is 2. The molecule has 1 N–H and O–H groups in total. The summed E-state index contributed by atoms with van der Waals surface area (Å²) >= 11 is 0. The molecule has 0 radical (unpaired) electrons. The van der Waals surface area contributed by atoms with Crippen molar-refractivity contribution in [1.29, 1.82) is 0 Å². The maximum Gasteiger partial charge on any atom is 0.335 e. The van der Waals surface area contributed by atoms with Gasteiger partial charge in [-0.25, -0.2) is 4.79 Å². The van der Waals surface area contributed by atoms with E-state index in [-0.39, 0.29) is 5.41 Å². The van der Waals surface area contributed by atoms with Gasteiger partial charge in [0.05, 0.1) is 5.56 Å². The van der Waals surface area contributed by atoms with Crippen LogP contribution < -0.4 is 4.43 Å². The molecule has 0 fully saturated rings. The Hall–Kier alpha value is -3.55. The van der Waals surface area contributed by atoms with Crippen LogP contribution in [0.3, 0.4) is 0 Å². The lowest BCUT2D eigenvalue weighted by Gasteiger charge is -2.32. The molecule has 0 heterocycles. The SMILES string of the molecule is CCc1cc(C#Cc2ccc3c(c2)C(c2cccc(O[Si](C)(C)CC(C)C)c2)=CCC3(C)C)ccc1C(=O)O. The Bertz CT molecular complexity index is 1480. The summed E-state index contributed by atoms with van der Waals surface area (Å²) in [4.78, 5) is 11.5. The summed E-state index contributed by atoms with van der Waals surface area (Å²) in [5.41, 5.74) is 7.87. The Labute approximate surface area is 235 Å². The second kappa shape index (κ2) is 11.3. The molecule has 1 aliphatic carbocycles. The lowest BCUT2D eigenvalue weighted by Crippen LogP contribution is -2.35. The number of aryl methyl sites for hydroxylation is 1. The molecular weight excluding hydrogens is 496 g/mol. The van der Waals surface area contributed by atoms with Gasteiger partial charge < -0.3 is 9.53 Å². The van der Waals surface area contributed by atoms with Gasteiger partial charge >= 0.3 is 5.97 Å². The highest BCUT2D eigenvalue weighted by Crippen LogP contribution is 2.42. The monoisotopic (exact) mass is 536 g/mol. The van der Waals surface area contributed by atoms with Crippen LogP contribution in [-0.2, 0) is 11.8 Å². The Balaban J connectivity index is 1.69. The molecule has 4 heteroatoms. The number of rotatable bonds is 7. The van der Waals surface area contributed by atoms with E-state index in [9.17, 15) is 9.90 Å². The zero-order valence-electron chi connectivity index (χ0n) is 24.3. The van der Waals surface area contributed by atoms with Crippen LogP contribution >= 0.6 is 0 Å². The third kappa shape index (κ3) is 6.72.